The molecule has 9 nitrogen and oxygen atoms in total. The summed E-state index contributed by atoms with van der Waals surface area (Å²) < 4.78 is 30.4. The lowest BCUT2D eigenvalue weighted by atomic mass is 10.0. The fraction of sp³-hybridized carbons (Fsp3) is 0.797. The number of esters is 1. The number of likely N-dealkylation sites (N-methyl/N-ethyl adjacent to an activating group) is 1. The van der Waals surface area contributed by atoms with Crippen LogP contribution in [0, 0.1) is 0 Å². The SMILES string of the molecule is CC/C=C\C/C=C\C/C=C\C/C=C\C/C=C\CCCCCCCCCC(=O)NC(COP(=O)([O-])OCC[N+](C)(C)C)C(/C=C\CCCCCCCCCCCCC)OC(=O)CCCCCCCCCCCCCCCCCCC. The molecule has 0 spiro atoms. The van der Waals surface area contributed by atoms with Gasteiger partial charge in [-0.1, -0.05) is 287 Å². The summed E-state index contributed by atoms with van der Waals surface area (Å²) >= 11 is 0. The average molecular weight is 1130 g/mol. The van der Waals surface area contributed by atoms with Crippen molar-refractivity contribution in [1.29, 1.82) is 0 Å². The van der Waals surface area contributed by atoms with E-state index in [9.17, 15) is 19.0 Å². The maximum Gasteiger partial charge on any atom is 0.306 e. The normalized spacial score (nSPS) is 14.1. The van der Waals surface area contributed by atoms with Gasteiger partial charge in [0.2, 0.25) is 5.91 Å². The number of amides is 1. The molecule has 1 amide bonds. The average Bonchev–Trinajstić information content (AvgIpc) is 3.41. The Balaban J connectivity index is 5.21. The number of nitrogens with one attached hydrogen (secondary N) is 1. The summed E-state index contributed by atoms with van der Waals surface area (Å²) in [5.74, 6) is -0.544. The van der Waals surface area contributed by atoms with Crippen LogP contribution in [0.5, 0.6) is 0 Å². The van der Waals surface area contributed by atoms with Gasteiger partial charge in [-0.2, -0.15) is 0 Å². The summed E-state index contributed by atoms with van der Waals surface area (Å²) in [6, 6.07) is -0.896. The predicted octanol–water partition coefficient (Wildman–Crippen LogP) is 20.2. The third kappa shape index (κ3) is 59.9. The molecule has 0 aromatic heterocycles. The van der Waals surface area contributed by atoms with E-state index in [0.29, 0.717) is 17.4 Å². The van der Waals surface area contributed by atoms with E-state index in [-0.39, 0.29) is 24.9 Å². The van der Waals surface area contributed by atoms with E-state index in [0.717, 1.165) is 103 Å². The van der Waals surface area contributed by atoms with Gasteiger partial charge < -0.3 is 28.5 Å². The van der Waals surface area contributed by atoms with Gasteiger partial charge in [0.15, 0.2) is 0 Å². The van der Waals surface area contributed by atoms with Crippen molar-refractivity contribution in [3.63, 3.8) is 0 Å². The van der Waals surface area contributed by atoms with Crippen molar-refractivity contribution in [3.8, 4) is 0 Å². The molecular formula is C69H127N2O7P. The first-order valence-electron chi connectivity index (χ1n) is 33.2. The fourth-order valence-corrected chi connectivity index (χ4v) is 10.3. The molecule has 0 aliphatic carbocycles. The van der Waals surface area contributed by atoms with Gasteiger partial charge in [0.1, 0.15) is 19.3 Å². The van der Waals surface area contributed by atoms with E-state index < -0.39 is 26.6 Å². The Kier molecular flexibility index (Phi) is 56.7. The van der Waals surface area contributed by atoms with Crippen molar-refractivity contribution in [2.75, 3.05) is 40.9 Å². The van der Waals surface area contributed by atoms with Gasteiger partial charge in [0.05, 0.1) is 33.8 Å². The number of nitrogens with zero attached hydrogens (tertiary/aromatic N) is 1. The highest BCUT2D eigenvalue weighted by Crippen LogP contribution is 2.38. The minimum atomic E-state index is -4.71. The maximum absolute atomic E-state index is 13.6. The van der Waals surface area contributed by atoms with Crippen LogP contribution in [0.1, 0.15) is 303 Å². The lowest BCUT2D eigenvalue weighted by Gasteiger charge is -2.30. The number of carbonyl (C=O) groups excluding carboxylic acids is 2. The standard InChI is InChI=1S/C69H127N2O7P/c1-7-10-13-16-19-22-25-28-30-32-33-34-35-36-37-39-40-43-46-49-52-55-58-61-68(72)70-66(65-77-79(74,75)76-64-63-71(4,5)6)67(60-57-54-51-48-45-42-27-24-21-18-15-12-9-3)78-69(73)62-59-56-53-50-47-44-41-38-31-29-26-23-20-17-14-11-8-2/h10,13,19,22,28,30,33-34,36-37,57,60,66-67H,7-9,11-12,14-18,20-21,23-27,29,31-32,35,38-56,58-59,61-65H2,1-6H3,(H-,70,72,74,75)/b13-10-,22-19-,30-28-,34-33-,37-36-,60-57-. The molecule has 3 atom stereocenters. The molecule has 460 valence electrons. The van der Waals surface area contributed by atoms with Crippen molar-refractivity contribution < 1.29 is 37.3 Å². The molecule has 0 bridgehead atoms. The molecule has 79 heavy (non-hydrogen) atoms. The van der Waals surface area contributed by atoms with Crippen molar-refractivity contribution in [1.82, 2.24) is 5.32 Å². The van der Waals surface area contributed by atoms with Crippen LogP contribution in [0.25, 0.3) is 0 Å². The Bertz CT molecular complexity index is 1580. The van der Waals surface area contributed by atoms with E-state index >= 15 is 0 Å². The van der Waals surface area contributed by atoms with Gasteiger partial charge in [-0.3, -0.25) is 14.2 Å². The van der Waals surface area contributed by atoms with Gasteiger partial charge in [-0.15, -0.1) is 0 Å². The van der Waals surface area contributed by atoms with Gasteiger partial charge >= 0.3 is 5.97 Å². The van der Waals surface area contributed by atoms with Crippen LogP contribution in [0.4, 0.5) is 0 Å². The minimum absolute atomic E-state index is 0.0256. The van der Waals surface area contributed by atoms with E-state index in [2.05, 4.69) is 86.8 Å². The maximum atomic E-state index is 13.6. The highest BCUT2D eigenvalue weighted by molar-refractivity contribution is 7.45. The predicted molar refractivity (Wildman–Crippen MR) is 339 cm³/mol. The zero-order valence-electron chi connectivity index (χ0n) is 52.6. The summed E-state index contributed by atoms with van der Waals surface area (Å²) in [6.45, 7) is 6.75. The highest BCUT2D eigenvalue weighted by Gasteiger charge is 2.27. The lowest BCUT2D eigenvalue weighted by molar-refractivity contribution is -0.870. The molecule has 0 aliphatic heterocycles. The van der Waals surface area contributed by atoms with Crippen LogP contribution in [-0.4, -0.2) is 69.4 Å². The molecule has 0 aromatic carbocycles. The monoisotopic (exact) mass is 1130 g/mol. The number of phosphoric ester groups is 1. The summed E-state index contributed by atoms with van der Waals surface area (Å²) in [5, 5.41) is 3.03. The Morgan fingerprint density at radius 3 is 1.22 bits per heavy atom. The molecule has 0 aliphatic rings. The molecule has 3 unspecified atom stereocenters. The minimum Gasteiger partial charge on any atom is -0.756 e. The second-order valence-electron chi connectivity index (χ2n) is 23.6. The summed E-state index contributed by atoms with van der Waals surface area (Å²) in [6.07, 6.45) is 75.8. The van der Waals surface area contributed by atoms with Crippen molar-refractivity contribution in [2.45, 2.75) is 315 Å². The first kappa shape index (κ1) is 76.5. The van der Waals surface area contributed by atoms with Crippen molar-refractivity contribution in [2.24, 2.45) is 0 Å². The smallest absolute Gasteiger partial charge is 0.306 e. The third-order valence-electron chi connectivity index (χ3n) is 14.7. The number of allylic oxidation sites excluding steroid dienone is 11. The molecule has 0 rings (SSSR count). The molecule has 0 aromatic rings. The summed E-state index contributed by atoms with van der Waals surface area (Å²) in [7, 11) is 1.18. The lowest BCUT2D eigenvalue weighted by Crippen LogP contribution is -2.47. The number of hydrogen-bond acceptors (Lipinski definition) is 7. The molecule has 0 radical (unpaired) electrons. The van der Waals surface area contributed by atoms with E-state index in [1.165, 1.54) is 167 Å². The Morgan fingerprint density at radius 2 is 0.810 bits per heavy atom. The first-order valence-corrected chi connectivity index (χ1v) is 34.7. The van der Waals surface area contributed by atoms with Crippen molar-refractivity contribution >= 4 is 19.7 Å². The van der Waals surface area contributed by atoms with E-state index in [1.54, 1.807) is 0 Å². The molecule has 0 heterocycles. The second-order valence-corrected chi connectivity index (χ2v) is 25.0. The largest absolute Gasteiger partial charge is 0.756 e. The zero-order valence-corrected chi connectivity index (χ0v) is 53.5. The van der Waals surface area contributed by atoms with E-state index in [4.69, 9.17) is 13.8 Å². The van der Waals surface area contributed by atoms with Crippen LogP contribution in [0.15, 0.2) is 72.9 Å². The highest BCUT2D eigenvalue weighted by atomic mass is 31.2. The molecular weight excluding hydrogens is 1000 g/mol. The van der Waals surface area contributed by atoms with Gasteiger partial charge in [0, 0.05) is 12.8 Å². The molecule has 0 saturated heterocycles. The Labute approximate surface area is 489 Å². The number of hydrogen-bond donors (Lipinski definition) is 1. The van der Waals surface area contributed by atoms with Crippen LogP contribution in [0.3, 0.4) is 0 Å². The third-order valence-corrected chi connectivity index (χ3v) is 15.6. The number of quaternary nitrogens is 1. The zero-order chi connectivity index (χ0) is 57.9. The molecule has 10 heteroatoms. The quantitative estimate of drug-likeness (QED) is 0.0212. The van der Waals surface area contributed by atoms with Crippen LogP contribution >= 0.6 is 7.82 Å². The number of unbranched alkanes of at least 4 members (excludes halogenated alkanes) is 34. The van der Waals surface area contributed by atoms with Crippen molar-refractivity contribution in [3.05, 3.63) is 72.9 Å². The number of phosphoric acid groups is 1. The Morgan fingerprint density at radius 1 is 0.456 bits per heavy atom. The number of carbonyl (C=O) groups is 2. The van der Waals surface area contributed by atoms with Gasteiger partial charge in [-0.05, 0) is 76.7 Å². The second kappa shape index (κ2) is 58.6. The molecule has 1 N–H and O–H groups in total. The van der Waals surface area contributed by atoms with Crippen LogP contribution in [-0.2, 0) is 27.9 Å². The first-order chi connectivity index (χ1) is 38.4. The fourth-order valence-electron chi connectivity index (χ4n) is 9.55. The van der Waals surface area contributed by atoms with Gasteiger partial charge in [-0.25, -0.2) is 0 Å². The Hall–Kier alpha value is -2.55. The molecule has 0 saturated carbocycles. The van der Waals surface area contributed by atoms with Gasteiger partial charge in [0.25, 0.3) is 7.82 Å². The number of rotatable bonds is 60. The van der Waals surface area contributed by atoms with Crippen LogP contribution < -0.4 is 10.2 Å². The summed E-state index contributed by atoms with van der Waals surface area (Å²) in [4.78, 5) is 40.1. The molecule has 0 fully saturated rings. The summed E-state index contributed by atoms with van der Waals surface area (Å²) in [5.41, 5.74) is 0. The van der Waals surface area contributed by atoms with Crippen LogP contribution in [0.2, 0.25) is 0 Å². The topological polar surface area (TPSA) is 114 Å². The van der Waals surface area contributed by atoms with E-state index in [1.807, 2.05) is 33.3 Å². The number of ether oxygens (including phenoxy) is 1.